The Hall–Kier alpha value is -0.830. The third-order valence-corrected chi connectivity index (χ3v) is 3.86. The van der Waals surface area contributed by atoms with E-state index >= 15 is 0 Å². The minimum Gasteiger partial charge on any atom is -0.356 e. The molecular formula is C13H20ClN3. The summed E-state index contributed by atoms with van der Waals surface area (Å²) in [5.74, 6) is 2.60. The molecule has 94 valence electrons. The molecule has 0 aromatic carbocycles. The van der Waals surface area contributed by atoms with Gasteiger partial charge in [-0.3, -0.25) is 0 Å². The molecule has 17 heavy (non-hydrogen) atoms. The largest absolute Gasteiger partial charge is 0.356 e. The van der Waals surface area contributed by atoms with Crippen LogP contribution in [0.25, 0.3) is 0 Å². The highest BCUT2D eigenvalue weighted by Gasteiger charge is 2.18. The van der Waals surface area contributed by atoms with Crippen LogP contribution >= 0.6 is 11.6 Å². The maximum absolute atomic E-state index is 6.13. The highest BCUT2D eigenvalue weighted by Crippen LogP contribution is 2.26. The highest BCUT2D eigenvalue weighted by atomic mass is 35.5. The fourth-order valence-corrected chi connectivity index (χ4v) is 2.57. The summed E-state index contributed by atoms with van der Waals surface area (Å²) in [6.45, 7) is 8.39. The normalized spacial score (nSPS) is 21.4. The van der Waals surface area contributed by atoms with Gasteiger partial charge in [0.2, 0.25) is 0 Å². The van der Waals surface area contributed by atoms with Crippen LogP contribution in [0.2, 0.25) is 5.15 Å². The van der Waals surface area contributed by atoms with Gasteiger partial charge in [-0.25, -0.2) is 9.97 Å². The summed E-state index contributed by atoms with van der Waals surface area (Å²) in [4.78, 5) is 11.1. The lowest BCUT2D eigenvalue weighted by Crippen LogP contribution is -2.26. The molecule has 1 aromatic rings. The zero-order valence-corrected chi connectivity index (χ0v) is 11.6. The van der Waals surface area contributed by atoms with Crippen molar-refractivity contribution in [3.63, 3.8) is 0 Å². The average molecular weight is 254 g/mol. The van der Waals surface area contributed by atoms with Crippen molar-refractivity contribution in [2.45, 2.75) is 40.0 Å². The van der Waals surface area contributed by atoms with E-state index < -0.39 is 0 Å². The number of nitrogens with zero attached hydrogens (tertiary/aromatic N) is 3. The number of anilines is 1. The van der Waals surface area contributed by atoms with Crippen molar-refractivity contribution < 1.29 is 0 Å². The molecule has 1 aliphatic rings. The summed E-state index contributed by atoms with van der Waals surface area (Å²) in [6, 6.07) is 0. The van der Waals surface area contributed by atoms with Gasteiger partial charge >= 0.3 is 0 Å². The first kappa shape index (κ1) is 12.6. The van der Waals surface area contributed by atoms with Crippen LogP contribution in [0.5, 0.6) is 0 Å². The van der Waals surface area contributed by atoms with Crippen LogP contribution < -0.4 is 4.90 Å². The molecule has 2 heterocycles. The molecule has 2 rings (SSSR count). The van der Waals surface area contributed by atoms with Gasteiger partial charge in [0, 0.05) is 18.7 Å². The molecule has 1 fully saturated rings. The summed E-state index contributed by atoms with van der Waals surface area (Å²) in [6.07, 6.45) is 3.79. The zero-order chi connectivity index (χ0) is 12.4. The van der Waals surface area contributed by atoms with Crippen LogP contribution in [0.4, 0.5) is 5.82 Å². The average Bonchev–Trinajstić information content (AvgIpc) is 2.48. The molecule has 0 bridgehead atoms. The number of halogens is 1. The minimum atomic E-state index is 0.588. The zero-order valence-electron chi connectivity index (χ0n) is 10.8. The molecule has 4 heteroatoms. The van der Waals surface area contributed by atoms with Crippen molar-refractivity contribution in [3.8, 4) is 0 Å². The first-order chi connectivity index (χ1) is 8.08. The van der Waals surface area contributed by atoms with E-state index in [0.29, 0.717) is 5.15 Å². The van der Waals surface area contributed by atoms with Gasteiger partial charge in [-0.15, -0.1) is 0 Å². The van der Waals surface area contributed by atoms with E-state index in [4.69, 9.17) is 11.6 Å². The van der Waals surface area contributed by atoms with Crippen LogP contribution in [0.15, 0.2) is 0 Å². The smallest absolute Gasteiger partial charge is 0.137 e. The first-order valence-corrected chi connectivity index (χ1v) is 6.71. The quantitative estimate of drug-likeness (QED) is 0.719. The maximum Gasteiger partial charge on any atom is 0.137 e. The summed E-state index contributed by atoms with van der Waals surface area (Å²) >= 11 is 6.13. The highest BCUT2D eigenvalue weighted by molar-refractivity contribution is 6.30. The van der Waals surface area contributed by atoms with Crippen LogP contribution in [0.1, 0.15) is 37.6 Å². The summed E-state index contributed by atoms with van der Waals surface area (Å²) in [5, 5.41) is 0.588. The van der Waals surface area contributed by atoms with E-state index in [9.17, 15) is 0 Å². The van der Waals surface area contributed by atoms with Gasteiger partial charge < -0.3 is 4.90 Å². The van der Waals surface area contributed by atoms with Crippen LogP contribution in [-0.4, -0.2) is 23.1 Å². The minimum absolute atomic E-state index is 0.588. The van der Waals surface area contributed by atoms with Gasteiger partial charge in [-0.2, -0.15) is 0 Å². The van der Waals surface area contributed by atoms with E-state index in [-0.39, 0.29) is 0 Å². The van der Waals surface area contributed by atoms with Crippen LogP contribution in [0, 0.1) is 19.8 Å². The fourth-order valence-electron chi connectivity index (χ4n) is 2.36. The molecule has 0 spiro atoms. The van der Waals surface area contributed by atoms with Crippen molar-refractivity contribution in [1.29, 1.82) is 0 Å². The van der Waals surface area contributed by atoms with E-state index in [1.54, 1.807) is 0 Å². The fraction of sp³-hybridized carbons (Fsp3) is 0.692. The standard InChI is InChI=1S/C13H20ClN3/c1-9-5-4-7-17(8-6-9)13-10(2)12(14)15-11(3)16-13/h9H,4-8H2,1-3H3. The molecule has 0 aliphatic carbocycles. The predicted molar refractivity (Wildman–Crippen MR) is 71.7 cm³/mol. The van der Waals surface area contributed by atoms with Crippen LogP contribution in [0.3, 0.4) is 0 Å². The molecule has 1 saturated heterocycles. The monoisotopic (exact) mass is 253 g/mol. The van der Waals surface area contributed by atoms with Gasteiger partial charge in [0.15, 0.2) is 0 Å². The maximum atomic E-state index is 6.13. The molecule has 1 unspecified atom stereocenters. The molecule has 1 aromatic heterocycles. The molecule has 0 saturated carbocycles. The Bertz CT molecular complexity index is 406. The lowest BCUT2D eigenvalue weighted by Gasteiger charge is -2.23. The predicted octanol–water partition coefficient (Wildman–Crippen LogP) is 3.37. The second kappa shape index (κ2) is 5.21. The van der Waals surface area contributed by atoms with Crippen LogP contribution in [-0.2, 0) is 0 Å². The summed E-state index contributed by atoms with van der Waals surface area (Å²) in [7, 11) is 0. The lowest BCUT2D eigenvalue weighted by molar-refractivity contribution is 0.521. The number of rotatable bonds is 1. The van der Waals surface area contributed by atoms with Crippen molar-refractivity contribution in [2.75, 3.05) is 18.0 Å². The van der Waals surface area contributed by atoms with E-state index in [1.165, 1.54) is 19.3 Å². The Kier molecular flexibility index (Phi) is 3.87. The van der Waals surface area contributed by atoms with Gasteiger partial charge in [-0.1, -0.05) is 18.5 Å². The lowest BCUT2D eigenvalue weighted by atomic mass is 10.0. The second-order valence-electron chi connectivity index (χ2n) is 5.03. The van der Waals surface area contributed by atoms with Gasteiger partial charge in [0.1, 0.15) is 16.8 Å². The molecule has 3 nitrogen and oxygen atoms in total. The molecular weight excluding hydrogens is 234 g/mol. The Labute approximate surface area is 108 Å². The Morgan fingerprint density at radius 2 is 1.94 bits per heavy atom. The van der Waals surface area contributed by atoms with E-state index in [2.05, 4.69) is 21.8 Å². The molecule has 1 aliphatic heterocycles. The number of aromatic nitrogens is 2. The molecule has 0 radical (unpaired) electrons. The molecule has 1 atom stereocenters. The number of hydrogen-bond donors (Lipinski definition) is 0. The van der Waals surface area contributed by atoms with Crippen molar-refractivity contribution in [3.05, 3.63) is 16.5 Å². The first-order valence-electron chi connectivity index (χ1n) is 6.33. The SMILES string of the molecule is Cc1nc(Cl)c(C)c(N2CCCC(C)CC2)n1. The Morgan fingerprint density at radius 3 is 2.71 bits per heavy atom. The number of hydrogen-bond acceptors (Lipinski definition) is 3. The van der Waals surface area contributed by atoms with Gasteiger partial charge in [0.25, 0.3) is 0 Å². The summed E-state index contributed by atoms with van der Waals surface area (Å²) < 4.78 is 0. The van der Waals surface area contributed by atoms with Crippen molar-refractivity contribution in [1.82, 2.24) is 9.97 Å². The van der Waals surface area contributed by atoms with Gasteiger partial charge in [0.05, 0.1) is 0 Å². The number of aryl methyl sites for hydroxylation is 1. The Morgan fingerprint density at radius 1 is 1.18 bits per heavy atom. The van der Waals surface area contributed by atoms with Gasteiger partial charge in [-0.05, 0) is 39.0 Å². The molecule has 0 N–H and O–H groups in total. The third kappa shape index (κ3) is 2.89. The Balaban J connectivity index is 2.26. The summed E-state index contributed by atoms with van der Waals surface area (Å²) in [5.41, 5.74) is 1.01. The van der Waals surface area contributed by atoms with E-state index in [0.717, 1.165) is 36.2 Å². The van der Waals surface area contributed by atoms with Crippen molar-refractivity contribution >= 4 is 17.4 Å². The second-order valence-corrected chi connectivity index (χ2v) is 5.39. The van der Waals surface area contributed by atoms with Crippen molar-refractivity contribution in [2.24, 2.45) is 5.92 Å². The topological polar surface area (TPSA) is 29.0 Å². The molecule has 0 amide bonds. The van der Waals surface area contributed by atoms with E-state index in [1.807, 2.05) is 13.8 Å². The third-order valence-electron chi connectivity index (χ3n) is 3.49.